The lowest BCUT2D eigenvalue weighted by atomic mass is 10.1. The van der Waals surface area contributed by atoms with Crippen molar-refractivity contribution in [3.05, 3.63) is 42.9 Å². The van der Waals surface area contributed by atoms with E-state index in [2.05, 4.69) is 33.3 Å². The van der Waals surface area contributed by atoms with Gasteiger partial charge in [-0.15, -0.1) is 0 Å². The van der Waals surface area contributed by atoms with E-state index in [9.17, 15) is 0 Å². The van der Waals surface area contributed by atoms with Crippen LogP contribution in [0.3, 0.4) is 0 Å². The number of aromatic nitrogens is 4. The molecule has 0 spiro atoms. The second kappa shape index (κ2) is 3.84. The fourth-order valence-electron chi connectivity index (χ4n) is 2.59. The molecule has 4 aromatic rings. The molecule has 4 rings (SSSR count). The summed E-state index contributed by atoms with van der Waals surface area (Å²) in [6.07, 6.45) is 5.45. The molecule has 0 aliphatic heterocycles. The molecule has 20 heavy (non-hydrogen) atoms. The molecular weight excluding hydrogens is 250 g/mol. The van der Waals surface area contributed by atoms with Crippen molar-refractivity contribution in [2.75, 3.05) is 5.73 Å². The first-order valence-electron chi connectivity index (χ1n) is 6.37. The molecule has 1 aromatic carbocycles. The molecule has 0 unspecified atom stereocenters. The summed E-state index contributed by atoms with van der Waals surface area (Å²) in [4.78, 5) is 7.50. The predicted octanol–water partition coefficient (Wildman–Crippen LogP) is 2.70. The highest BCUT2D eigenvalue weighted by Gasteiger charge is 2.10. The van der Waals surface area contributed by atoms with Gasteiger partial charge < -0.3 is 10.7 Å². The van der Waals surface area contributed by atoms with Crippen LogP contribution in [0.2, 0.25) is 0 Å². The summed E-state index contributed by atoms with van der Waals surface area (Å²) in [5.74, 6) is 0.672. The first-order valence-corrected chi connectivity index (χ1v) is 6.37. The number of nitrogens with two attached hydrogens (primary N) is 1. The van der Waals surface area contributed by atoms with Crippen LogP contribution in [0.15, 0.2) is 42.9 Å². The van der Waals surface area contributed by atoms with Crippen molar-refractivity contribution < 1.29 is 0 Å². The number of H-pyrrole nitrogens is 1. The van der Waals surface area contributed by atoms with Crippen molar-refractivity contribution in [1.82, 2.24) is 19.7 Å². The smallest absolute Gasteiger partial charge is 0.129 e. The highest BCUT2D eigenvalue weighted by Crippen LogP contribution is 2.31. The Morgan fingerprint density at radius 1 is 1.10 bits per heavy atom. The topological polar surface area (TPSA) is 72.5 Å². The molecule has 3 aromatic heterocycles. The Morgan fingerprint density at radius 3 is 2.80 bits per heavy atom. The van der Waals surface area contributed by atoms with Crippen LogP contribution in [0.4, 0.5) is 5.82 Å². The van der Waals surface area contributed by atoms with E-state index >= 15 is 0 Å². The zero-order valence-electron chi connectivity index (χ0n) is 11.0. The lowest BCUT2D eigenvalue weighted by molar-refractivity contribution is 0.779. The third-order valence-electron chi connectivity index (χ3n) is 3.70. The average Bonchev–Trinajstić information content (AvgIpc) is 3.00. The molecule has 98 valence electrons. The molecule has 0 aliphatic carbocycles. The minimum Gasteiger partial charge on any atom is -0.383 e. The summed E-state index contributed by atoms with van der Waals surface area (Å²) in [5, 5.41) is 6.53. The van der Waals surface area contributed by atoms with Gasteiger partial charge in [-0.25, -0.2) is 0 Å². The Balaban J connectivity index is 2.02. The number of benzene rings is 1. The number of fused-ring (bicyclic) bond motifs is 3. The molecule has 3 heterocycles. The Morgan fingerprint density at radius 2 is 2.00 bits per heavy atom. The van der Waals surface area contributed by atoms with E-state index in [-0.39, 0.29) is 0 Å². The quantitative estimate of drug-likeness (QED) is 0.554. The third kappa shape index (κ3) is 1.43. The van der Waals surface area contributed by atoms with Gasteiger partial charge in [-0.2, -0.15) is 5.10 Å². The SMILES string of the molecule is Cn1ncc(-c2ccc3[nH]c4cnccc4c3c2)c1N. The fraction of sp³-hybridized carbons (Fsp3) is 0.0667. The van der Waals surface area contributed by atoms with Gasteiger partial charge in [0, 0.05) is 35.1 Å². The average molecular weight is 263 g/mol. The minimum absolute atomic E-state index is 0.672. The summed E-state index contributed by atoms with van der Waals surface area (Å²) in [5.41, 5.74) is 10.2. The van der Waals surface area contributed by atoms with Crippen LogP contribution in [-0.2, 0) is 7.05 Å². The highest BCUT2D eigenvalue weighted by atomic mass is 15.3. The molecule has 5 heteroatoms. The first-order chi connectivity index (χ1) is 9.74. The number of anilines is 1. The molecule has 0 bridgehead atoms. The van der Waals surface area contributed by atoms with Gasteiger partial charge in [0.2, 0.25) is 0 Å². The molecule has 3 N–H and O–H groups in total. The third-order valence-corrected chi connectivity index (χ3v) is 3.70. The second-order valence-electron chi connectivity index (χ2n) is 4.87. The van der Waals surface area contributed by atoms with Crippen molar-refractivity contribution in [3.8, 4) is 11.1 Å². The van der Waals surface area contributed by atoms with Gasteiger partial charge in [0.25, 0.3) is 0 Å². The molecule has 0 aliphatic rings. The number of hydrogen-bond donors (Lipinski definition) is 2. The Labute approximate surface area is 115 Å². The molecular formula is C15H13N5. The standard InChI is InChI=1S/C15H13N5/c1-20-15(16)12(7-18-20)9-2-3-13-11(6-9)10-4-5-17-8-14(10)19-13/h2-8,19H,16H2,1H3. The number of nitrogen functional groups attached to an aromatic ring is 1. The molecule has 0 radical (unpaired) electrons. The summed E-state index contributed by atoms with van der Waals surface area (Å²) in [7, 11) is 1.84. The maximum Gasteiger partial charge on any atom is 0.129 e. The number of hydrogen-bond acceptors (Lipinski definition) is 3. The van der Waals surface area contributed by atoms with E-state index in [1.54, 1.807) is 17.1 Å². The van der Waals surface area contributed by atoms with E-state index in [0.29, 0.717) is 5.82 Å². The van der Waals surface area contributed by atoms with Gasteiger partial charge in [-0.3, -0.25) is 9.67 Å². The molecule has 0 saturated heterocycles. The van der Waals surface area contributed by atoms with Crippen LogP contribution in [-0.4, -0.2) is 19.7 Å². The monoisotopic (exact) mass is 263 g/mol. The van der Waals surface area contributed by atoms with E-state index < -0.39 is 0 Å². The molecule has 5 nitrogen and oxygen atoms in total. The van der Waals surface area contributed by atoms with Gasteiger partial charge in [0.1, 0.15) is 5.82 Å². The summed E-state index contributed by atoms with van der Waals surface area (Å²) in [6.45, 7) is 0. The lowest BCUT2D eigenvalue weighted by Crippen LogP contribution is -1.97. The Hall–Kier alpha value is -2.82. The first kappa shape index (κ1) is 11.0. The van der Waals surface area contributed by atoms with Crippen LogP contribution in [0.1, 0.15) is 0 Å². The molecule has 0 atom stereocenters. The summed E-state index contributed by atoms with van der Waals surface area (Å²) in [6, 6.07) is 8.28. The van der Waals surface area contributed by atoms with Crippen LogP contribution in [0.25, 0.3) is 32.9 Å². The van der Waals surface area contributed by atoms with Crippen molar-refractivity contribution in [1.29, 1.82) is 0 Å². The molecule has 0 amide bonds. The summed E-state index contributed by atoms with van der Waals surface area (Å²) < 4.78 is 1.68. The van der Waals surface area contributed by atoms with Crippen LogP contribution in [0.5, 0.6) is 0 Å². The van der Waals surface area contributed by atoms with Gasteiger partial charge >= 0.3 is 0 Å². The van der Waals surface area contributed by atoms with E-state index in [1.165, 1.54) is 10.8 Å². The maximum atomic E-state index is 6.05. The normalized spacial score (nSPS) is 11.4. The van der Waals surface area contributed by atoms with Crippen molar-refractivity contribution in [2.24, 2.45) is 7.05 Å². The van der Waals surface area contributed by atoms with E-state index in [0.717, 1.165) is 22.2 Å². The highest BCUT2D eigenvalue weighted by molar-refractivity contribution is 6.08. The van der Waals surface area contributed by atoms with Crippen LogP contribution >= 0.6 is 0 Å². The lowest BCUT2D eigenvalue weighted by Gasteiger charge is -2.01. The summed E-state index contributed by atoms with van der Waals surface area (Å²) >= 11 is 0. The number of aryl methyl sites for hydroxylation is 1. The largest absolute Gasteiger partial charge is 0.383 e. The number of aromatic amines is 1. The number of pyridine rings is 1. The van der Waals surface area contributed by atoms with Gasteiger partial charge in [-0.05, 0) is 23.8 Å². The predicted molar refractivity (Wildman–Crippen MR) is 80.2 cm³/mol. The van der Waals surface area contributed by atoms with Gasteiger partial charge in [-0.1, -0.05) is 6.07 Å². The maximum absolute atomic E-state index is 6.05. The van der Waals surface area contributed by atoms with Crippen LogP contribution in [0, 0.1) is 0 Å². The van der Waals surface area contributed by atoms with Crippen molar-refractivity contribution in [3.63, 3.8) is 0 Å². The zero-order chi connectivity index (χ0) is 13.7. The zero-order valence-corrected chi connectivity index (χ0v) is 11.0. The number of rotatable bonds is 1. The van der Waals surface area contributed by atoms with E-state index in [1.807, 2.05) is 19.3 Å². The Bertz CT molecular complexity index is 932. The van der Waals surface area contributed by atoms with Crippen molar-refractivity contribution in [2.45, 2.75) is 0 Å². The van der Waals surface area contributed by atoms with Crippen molar-refractivity contribution >= 4 is 27.6 Å². The second-order valence-corrected chi connectivity index (χ2v) is 4.87. The molecule has 0 fully saturated rings. The van der Waals surface area contributed by atoms with Gasteiger partial charge in [0.05, 0.1) is 17.9 Å². The van der Waals surface area contributed by atoms with Gasteiger partial charge in [0.15, 0.2) is 0 Å². The van der Waals surface area contributed by atoms with E-state index in [4.69, 9.17) is 5.73 Å². The number of nitrogens with zero attached hydrogens (tertiary/aromatic N) is 3. The molecule has 0 saturated carbocycles. The number of nitrogens with one attached hydrogen (secondary N) is 1. The minimum atomic E-state index is 0.672. The van der Waals surface area contributed by atoms with Crippen LogP contribution < -0.4 is 5.73 Å². The fourth-order valence-corrected chi connectivity index (χ4v) is 2.59. The Kier molecular flexibility index (Phi) is 2.12.